The van der Waals surface area contributed by atoms with Gasteiger partial charge >= 0.3 is 0 Å². The van der Waals surface area contributed by atoms with Crippen molar-refractivity contribution < 1.29 is 0 Å². The molecule has 1 aliphatic rings. The molecule has 0 saturated heterocycles. The minimum atomic E-state index is 0.829. The highest BCUT2D eigenvalue weighted by Crippen LogP contribution is 2.22. The van der Waals surface area contributed by atoms with Crippen LogP contribution in [-0.4, -0.2) is 12.1 Å². The fourth-order valence-electron chi connectivity index (χ4n) is 2.88. The smallest absolute Gasteiger partial charge is 0.00708 e. The van der Waals surface area contributed by atoms with Crippen LogP contribution in [0.15, 0.2) is 0 Å². The molecule has 0 atom stereocenters. The first kappa shape index (κ1) is 17.0. The summed E-state index contributed by atoms with van der Waals surface area (Å²) >= 11 is 0. The van der Waals surface area contributed by atoms with Crippen molar-refractivity contribution in [3.05, 3.63) is 0 Å². The van der Waals surface area contributed by atoms with Gasteiger partial charge in [-0.1, -0.05) is 78.1 Å². The summed E-state index contributed by atoms with van der Waals surface area (Å²) in [5.41, 5.74) is 0. The lowest BCUT2D eigenvalue weighted by molar-refractivity contribution is 0.410. The summed E-state index contributed by atoms with van der Waals surface area (Å²) < 4.78 is 0. The molecule has 1 N–H and O–H groups in total. The van der Waals surface area contributed by atoms with Gasteiger partial charge in [-0.2, -0.15) is 0 Å². The van der Waals surface area contributed by atoms with Crippen LogP contribution in [0.25, 0.3) is 0 Å². The van der Waals surface area contributed by atoms with Crippen LogP contribution in [-0.2, 0) is 0 Å². The van der Waals surface area contributed by atoms with Crippen molar-refractivity contribution in [3.8, 4) is 0 Å². The molecule has 0 radical (unpaired) electrons. The summed E-state index contributed by atoms with van der Waals surface area (Å²) in [4.78, 5) is 0. The predicted octanol–water partition coefficient (Wildman–Crippen LogP) is 5.83. The molecule has 1 saturated carbocycles. The Morgan fingerprint density at radius 3 is 1.63 bits per heavy atom. The van der Waals surface area contributed by atoms with Crippen molar-refractivity contribution in [1.82, 2.24) is 5.32 Å². The molecule has 1 aliphatic carbocycles. The zero-order valence-corrected chi connectivity index (χ0v) is 13.6. The molecule has 114 valence electrons. The fourth-order valence-corrected chi connectivity index (χ4v) is 2.88. The van der Waals surface area contributed by atoms with E-state index in [0.29, 0.717) is 0 Å². The normalized spacial score (nSPS) is 15.3. The van der Waals surface area contributed by atoms with Gasteiger partial charge in [-0.15, -0.1) is 0 Å². The first-order valence-electron chi connectivity index (χ1n) is 9.12. The molecular weight excluding hydrogens is 230 g/mol. The van der Waals surface area contributed by atoms with Gasteiger partial charge in [0, 0.05) is 12.1 Å². The molecule has 0 spiro atoms. The van der Waals surface area contributed by atoms with Crippen LogP contribution in [0.4, 0.5) is 0 Å². The van der Waals surface area contributed by atoms with E-state index in [-0.39, 0.29) is 0 Å². The van der Waals surface area contributed by atoms with Crippen molar-refractivity contribution in [1.29, 1.82) is 0 Å². The van der Waals surface area contributed by atoms with E-state index in [9.17, 15) is 0 Å². The first-order valence-corrected chi connectivity index (χ1v) is 9.12. The Bertz CT molecular complexity index is 172. The molecule has 0 aromatic heterocycles. The largest absolute Gasteiger partial charge is 0.311 e. The molecule has 0 aromatic carbocycles. The van der Waals surface area contributed by atoms with Crippen molar-refractivity contribution in [2.24, 2.45) is 0 Å². The highest BCUT2D eigenvalue weighted by atomic mass is 15.0. The molecule has 1 fully saturated rings. The molecule has 0 heterocycles. The van der Waals surface area contributed by atoms with Gasteiger partial charge < -0.3 is 5.32 Å². The number of unbranched alkanes of at least 4 members (excludes halogenated alkanes) is 8. The van der Waals surface area contributed by atoms with Crippen LogP contribution in [0.2, 0.25) is 0 Å². The average molecular weight is 268 g/mol. The number of nitrogens with one attached hydrogen (secondary N) is 1. The Labute approximate surface area is 121 Å². The summed E-state index contributed by atoms with van der Waals surface area (Å²) in [5, 5.41) is 3.87. The van der Waals surface area contributed by atoms with E-state index in [1.165, 1.54) is 89.9 Å². The van der Waals surface area contributed by atoms with Gasteiger partial charge in [0.2, 0.25) is 0 Å². The molecule has 1 rings (SSSR count). The Morgan fingerprint density at radius 2 is 1.21 bits per heavy atom. The number of rotatable bonds is 14. The second-order valence-corrected chi connectivity index (χ2v) is 6.54. The third-order valence-electron chi connectivity index (χ3n) is 4.36. The molecule has 0 aromatic rings. The standard InChI is InChI=1S/C18H37N/c1-3-5-7-9-11-13-17(19-18-15-16-18)14-12-10-8-6-4-2/h17-19H,3-16H2,1-2H3. The quantitative estimate of drug-likeness (QED) is 0.391. The zero-order chi connectivity index (χ0) is 13.8. The van der Waals surface area contributed by atoms with Crippen molar-refractivity contribution in [3.63, 3.8) is 0 Å². The molecule has 0 aliphatic heterocycles. The molecule has 0 unspecified atom stereocenters. The van der Waals surface area contributed by atoms with Crippen LogP contribution in [0.5, 0.6) is 0 Å². The van der Waals surface area contributed by atoms with Crippen molar-refractivity contribution in [2.45, 2.75) is 116 Å². The van der Waals surface area contributed by atoms with Gasteiger partial charge in [0.05, 0.1) is 0 Å². The van der Waals surface area contributed by atoms with E-state index in [4.69, 9.17) is 0 Å². The highest BCUT2D eigenvalue weighted by molar-refractivity contribution is 4.84. The summed E-state index contributed by atoms with van der Waals surface area (Å²) in [7, 11) is 0. The first-order chi connectivity index (χ1) is 9.36. The second kappa shape index (κ2) is 11.8. The SMILES string of the molecule is CCCCCCCC(CCCCCCC)NC1CC1. The lowest BCUT2D eigenvalue weighted by Crippen LogP contribution is -2.30. The summed E-state index contributed by atoms with van der Waals surface area (Å²) in [5.74, 6) is 0. The van der Waals surface area contributed by atoms with Crippen LogP contribution in [0, 0.1) is 0 Å². The Hall–Kier alpha value is -0.0400. The number of hydrogen-bond acceptors (Lipinski definition) is 1. The van der Waals surface area contributed by atoms with Crippen LogP contribution >= 0.6 is 0 Å². The van der Waals surface area contributed by atoms with Gasteiger partial charge in [0.15, 0.2) is 0 Å². The lowest BCUT2D eigenvalue weighted by Gasteiger charge is -2.18. The van der Waals surface area contributed by atoms with E-state index < -0.39 is 0 Å². The van der Waals surface area contributed by atoms with Crippen LogP contribution in [0.1, 0.15) is 104 Å². The molecular formula is C18H37N. The summed E-state index contributed by atoms with van der Waals surface area (Å²) in [6.45, 7) is 4.60. The van der Waals surface area contributed by atoms with E-state index in [0.717, 1.165) is 12.1 Å². The monoisotopic (exact) mass is 267 g/mol. The van der Waals surface area contributed by atoms with Crippen molar-refractivity contribution in [2.75, 3.05) is 0 Å². The minimum absolute atomic E-state index is 0.829. The third kappa shape index (κ3) is 10.4. The van der Waals surface area contributed by atoms with E-state index in [1.54, 1.807) is 0 Å². The Balaban J connectivity index is 2.01. The maximum Gasteiger partial charge on any atom is 0.00708 e. The van der Waals surface area contributed by atoms with Crippen LogP contribution < -0.4 is 5.32 Å². The van der Waals surface area contributed by atoms with Gasteiger partial charge in [0.1, 0.15) is 0 Å². The summed E-state index contributed by atoms with van der Waals surface area (Å²) in [6.07, 6.45) is 20.0. The molecule has 19 heavy (non-hydrogen) atoms. The summed E-state index contributed by atoms with van der Waals surface area (Å²) in [6, 6.07) is 1.71. The second-order valence-electron chi connectivity index (χ2n) is 6.54. The van der Waals surface area contributed by atoms with E-state index in [1.807, 2.05) is 0 Å². The maximum absolute atomic E-state index is 3.87. The van der Waals surface area contributed by atoms with E-state index >= 15 is 0 Å². The fraction of sp³-hybridized carbons (Fsp3) is 1.00. The Kier molecular flexibility index (Phi) is 10.5. The molecule has 1 heteroatoms. The molecule has 0 amide bonds. The topological polar surface area (TPSA) is 12.0 Å². The van der Waals surface area contributed by atoms with E-state index in [2.05, 4.69) is 19.2 Å². The maximum atomic E-state index is 3.87. The average Bonchev–Trinajstić information content (AvgIpc) is 3.22. The molecule has 1 nitrogen and oxygen atoms in total. The lowest BCUT2D eigenvalue weighted by atomic mass is 10.0. The van der Waals surface area contributed by atoms with Gasteiger partial charge in [0.25, 0.3) is 0 Å². The minimum Gasteiger partial charge on any atom is -0.311 e. The highest BCUT2D eigenvalue weighted by Gasteiger charge is 2.23. The van der Waals surface area contributed by atoms with Gasteiger partial charge in [-0.3, -0.25) is 0 Å². The number of hydrogen-bond donors (Lipinski definition) is 1. The molecule has 0 bridgehead atoms. The van der Waals surface area contributed by atoms with Gasteiger partial charge in [-0.05, 0) is 25.7 Å². The predicted molar refractivity (Wildman–Crippen MR) is 86.7 cm³/mol. The third-order valence-corrected chi connectivity index (χ3v) is 4.36. The zero-order valence-electron chi connectivity index (χ0n) is 13.6. The van der Waals surface area contributed by atoms with Crippen molar-refractivity contribution >= 4 is 0 Å². The Morgan fingerprint density at radius 1 is 0.737 bits per heavy atom. The van der Waals surface area contributed by atoms with Crippen LogP contribution in [0.3, 0.4) is 0 Å². The van der Waals surface area contributed by atoms with Gasteiger partial charge in [-0.25, -0.2) is 0 Å².